The molecule has 3 aromatic carbocycles. The molecular weight excluding hydrogens is 470 g/mol. The summed E-state index contributed by atoms with van der Waals surface area (Å²) in [5.41, 5.74) is 4.59. The highest BCUT2D eigenvalue weighted by molar-refractivity contribution is 7.15. The lowest BCUT2D eigenvalue weighted by atomic mass is 10.0. The summed E-state index contributed by atoms with van der Waals surface area (Å²) < 4.78 is 14.4. The minimum atomic E-state index is -0.0969. The zero-order valence-electron chi connectivity index (χ0n) is 19.7. The average Bonchev–Trinajstić information content (AvgIpc) is 3.40. The number of nitrogens with zero attached hydrogens (tertiary/aromatic N) is 3. The van der Waals surface area contributed by atoms with Gasteiger partial charge in [0.1, 0.15) is 6.61 Å². The third-order valence-electron chi connectivity index (χ3n) is 5.77. The third-order valence-corrected chi connectivity index (χ3v) is 6.74. The van der Waals surface area contributed by atoms with E-state index in [0.29, 0.717) is 39.6 Å². The molecule has 5 rings (SSSR count). The number of benzene rings is 3. The second-order valence-corrected chi connectivity index (χ2v) is 9.13. The first-order valence-electron chi connectivity index (χ1n) is 11.6. The highest BCUT2D eigenvalue weighted by Crippen LogP contribution is 2.35. The lowest BCUT2D eigenvalue weighted by molar-refractivity contribution is 0.267. The number of rotatable bonds is 8. The van der Waals surface area contributed by atoms with Crippen molar-refractivity contribution in [3.63, 3.8) is 0 Å². The van der Waals surface area contributed by atoms with E-state index >= 15 is 0 Å². The van der Waals surface area contributed by atoms with Crippen LogP contribution in [0.4, 0.5) is 0 Å². The topological polar surface area (TPSA) is 76.6 Å². The molecule has 2 heterocycles. The van der Waals surface area contributed by atoms with Crippen LogP contribution in [0.15, 0.2) is 78.1 Å². The maximum Gasteiger partial charge on any atom is 0.274 e. The fourth-order valence-corrected chi connectivity index (χ4v) is 5.16. The first kappa shape index (κ1) is 23.3. The van der Waals surface area contributed by atoms with Gasteiger partial charge in [0.05, 0.1) is 33.8 Å². The number of para-hydroxylation sites is 2. The quantitative estimate of drug-likeness (QED) is 0.283. The minimum Gasteiger partial charge on any atom is -0.490 e. The zero-order chi connectivity index (χ0) is 25.1. The number of allylic oxidation sites excluding steroid dienone is 1. The van der Waals surface area contributed by atoms with E-state index < -0.39 is 0 Å². The van der Waals surface area contributed by atoms with Crippen molar-refractivity contribution in [3.8, 4) is 17.6 Å². The maximum absolute atomic E-state index is 13.2. The van der Waals surface area contributed by atoms with Crippen molar-refractivity contribution >= 4 is 33.4 Å². The van der Waals surface area contributed by atoms with Crippen LogP contribution in [0, 0.1) is 11.3 Å². The molecule has 0 bridgehead atoms. The number of hydrogen-bond acceptors (Lipinski definition) is 6. The van der Waals surface area contributed by atoms with E-state index in [1.165, 1.54) is 11.3 Å². The molecule has 6 nitrogen and oxygen atoms in total. The van der Waals surface area contributed by atoms with Crippen molar-refractivity contribution in [2.75, 3.05) is 6.61 Å². The van der Waals surface area contributed by atoms with Crippen LogP contribution in [0.25, 0.3) is 22.1 Å². The number of imidazole rings is 1. The van der Waals surface area contributed by atoms with Crippen LogP contribution in [0.3, 0.4) is 0 Å². The molecule has 5 aromatic rings. The second kappa shape index (κ2) is 10.1. The summed E-state index contributed by atoms with van der Waals surface area (Å²) in [5.74, 6) is 1.19. The lowest BCUT2D eigenvalue weighted by Gasteiger charge is -2.17. The minimum absolute atomic E-state index is 0.0969. The standard InChI is InChI=1S/C29H23N3O3S/c1-3-9-20-14-19(16-26-28(33)32-24-13-8-7-12-23(24)31-29(32)36-26)15-25(34-4-2)27(20)35-18-22-11-6-5-10-21(22)17-30/h3,5-8,10-16H,1,4,9,18H2,2H3. The summed E-state index contributed by atoms with van der Waals surface area (Å²) in [7, 11) is 0. The molecule has 178 valence electrons. The van der Waals surface area contributed by atoms with E-state index in [0.717, 1.165) is 27.7 Å². The molecule has 0 aliphatic rings. The van der Waals surface area contributed by atoms with Crippen LogP contribution in [0.5, 0.6) is 11.5 Å². The zero-order valence-corrected chi connectivity index (χ0v) is 20.5. The van der Waals surface area contributed by atoms with Gasteiger partial charge >= 0.3 is 0 Å². The summed E-state index contributed by atoms with van der Waals surface area (Å²) in [6.07, 6.45) is 4.22. The van der Waals surface area contributed by atoms with Gasteiger partial charge < -0.3 is 9.47 Å². The van der Waals surface area contributed by atoms with Gasteiger partial charge in [-0.1, -0.05) is 47.7 Å². The van der Waals surface area contributed by atoms with Gasteiger partial charge in [-0.05, 0) is 55.3 Å². The molecular formula is C29H23N3O3S. The predicted molar refractivity (Wildman–Crippen MR) is 143 cm³/mol. The summed E-state index contributed by atoms with van der Waals surface area (Å²) >= 11 is 1.36. The molecule has 36 heavy (non-hydrogen) atoms. The smallest absolute Gasteiger partial charge is 0.274 e. The molecule has 0 atom stereocenters. The molecule has 0 saturated carbocycles. The molecule has 0 N–H and O–H groups in total. The Kier molecular flexibility index (Phi) is 6.52. The van der Waals surface area contributed by atoms with Crippen LogP contribution in [0.2, 0.25) is 0 Å². The van der Waals surface area contributed by atoms with Crippen molar-refractivity contribution in [3.05, 3.63) is 110 Å². The monoisotopic (exact) mass is 493 g/mol. The van der Waals surface area contributed by atoms with Crippen LogP contribution < -0.4 is 19.6 Å². The van der Waals surface area contributed by atoms with Gasteiger partial charge in [0.2, 0.25) is 0 Å². The highest BCUT2D eigenvalue weighted by Gasteiger charge is 2.15. The summed E-state index contributed by atoms with van der Waals surface area (Å²) in [6.45, 7) is 6.48. The van der Waals surface area contributed by atoms with Gasteiger partial charge in [-0.3, -0.25) is 4.79 Å². The summed E-state index contributed by atoms with van der Waals surface area (Å²) in [4.78, 5) is 18.5. The lowest BCUT2D eigenvalue weighted by Crippen LogP contribution is -2.22. The van der Waals surface area contributed by atoms with Gasteiger partial charge in [0.15, 0.2) is 16.5 Å². The Balaban J connectivity index is 1.58. The third kappa shape index (κ3) is 4.35. The van der Waals surface area contributed by atoms with Crippen LogP contribution in [-0.2, 0) is 13.0 Å². The molecule has 0 radical (unpaired) electrons. The molecule has 0 saturated heterocycles. The van der Waals surface area contributed by atoms with Gasteiger partial charge in [-0.2, -0.15) is 5.26 Å². The van der Waals surface area contributed by atoms with E-state index in [4.69, 9.17) is 9.47 Å². The number of hydrogen-bond donors (Lipinski definition) is 0. The molecule has 0 aliphatic heterocycles. The van der Waals surface area contributed by atoms with Crippen molar-refractivity contribution in [1.82, 2.24) is 9.38 Å². The fourth-order valence-electron chi connectivity index (χ4n) is 4.17. The van der Waals surface area contributed by atoms with Crippen molar-refractivity contribution < 1.29 is 9.47 Å². The second-order valence-electron chi connectivity index (χ2n) is 8.13. The Hall–Kier alpha value is -4.41. The van der Waals surface area contributed by atoms with E-state index in [9.17, 15) is 10.1 Å². The largest absolute Gasteiger partial charge is 0.490 e. The molecule has 2 aromatic heterocycles. The van der Waals surface area contributed by atoms with E-state index in [-0.39, 0.29) is 12.2 Å². The molecule has 0 fully saturated rings. The highest BCUT2D eigenvalue weighted by atomic mass is 32.1. The molecule has 0 spiro atoms. The number of aromatic nitrogens is 2. The molecule has 7 heteroatoms. The average molecular weight is 494 g/mol. The summed E-state index contributed by atoms with van der Waals surface area (Å²) in [5, 5.41) is 9.41. The van der Waals surface area contributed by atoms with Crippen LogP contribution in [0.1, 0.15) is 29.2 Å². The number of ether oxygens (including phenoxy) is 2. The summed E-state index contributed by atoms with van der Waals surface area (Å²) in [6, 6.07) is 21.0. The van der Waals surface area contributed by atoms with Gasteiger partial charge in [0.25, 0.3) is 5.56 Å². The van der Waals surface area contributed by atoms with E-state index in [1.54, 1.807) is 16.5 Å². The van der Waals surface area contributed by atoms with Crippen LogP contribution in [-0.4, -0.2) is 16.0 Å². The van der Waals surface area contributed by atoms with Crippen molar-refractivity contribution in [1.29, 1.82) is 5.26 Å². The molecule has 0 unspecified atom stereocenters. The fraction of sp³-hybridized carbons (Fsp3) is 0.138. The van der Waals surface area contributed by atoms with E-state index in [1.807, 2.05) is 67.6 Å². The van der Waals surface area contributed by atoms with Gasteiger partial charge in [-0.25, -0.2) is 9.38 Å². The Bertz CT molecular complexity index is 1740. The Morgan fingerprint density at radius 3 is 2.72 bits per heavy atom. The number of nitriles is 1. The Morgan fingerprint density at radius 1 is 1.11 bits per heavy atom. The van der Waals surface area contributed by atoms with Crippen LogP contribution >= 0.6 is 11.3 Å². The van der Waals surface area contributed by atoms with Gasteiger partial charge in [0, 0.05) is 11.1 Å². The molecule has 0 amide bonds. The Labute approximate surface area is 212 Å². The van der Waals surface area contributed by atoms with Gasteiger partial charge in [-0.15, -0.1) is 6.58 Å². The van der Waals surface area contributed by atoms with Crippen molar-refractivity contribution in [2.45, 2.75) is 20.0 Å². The van der Waals surface area contributed by atoms with Crippen molar-refractivity contribution in [2.24, 2.45) is 0 Å². The number of fused-ring (bicyclic) bond motifs is 3. The number of thiazole rings is 1. The molecule has 0 aliphatic carbocycles. The first-order chi connectivity index (χ1) is 17.6. The maximum atomic E-state index is 13.2. The first-order valence-corrected chi connectivity index (χ1v) is 12.4. The van der Waals surface area contributed by atoms with E-state index in [2.05, 4.69) is 17.6 Å². The Morgan fingerprint density at radius 2 is 1.92 bits per heavy atom. The SMILES string of the molecule is C=CCc1cc(C=c2sc3nc4ccccc4n3c2=O)cc(OCC)c1OCc1ccccc1C#N. The normalized spacial score (nSPS) is 11.6. The predicted octanol–water partition coefficient (Wildman–Crippen LogP) is 5.03.